The minimum atomic E-state index is 0.552. The first-order valence-corrected chi connectivity index (χ1v) is 6.00. The first-order chi connectivity index (χ1) is 8.74. The Hall–Kier alpha value is -2.11. The van der Waals surface area contributed by atoms with Gasteiger partial charge in [0.05, 0.1) is 18.0 Å². The van der Waals surface area contributed by atoms with Gasteiger partial charge in [0.2, 0.25) is 5.88 Å². The zero-order valence-electron chi connectivity index (χ0n) is 10.8. The molecule has 0 aromatic carbocycles. The summed E-state index contributed by atoms with van der Waals surface area (Å²) in [5.74, 6) is 2.03. The number of aromatic nitrogens is 4. The van der Waals surface area contributed by atoms with Crippen molar-refractivity contribution in [2.24, 2.45) is 0 Å². The Morgan fingerprint density at radius 3 is 2.83 bits per heavy atom. The molecule has 18 heavy (non-hydrogen) atoms. The summed E-state index contributed by atoms with van der Waals surface area (Å²) in [5.41, 5.74) is 0.892. The lowest BCUT2D eigenvalue weighted by molar-refractivity contribution is 0.456. The van der Waals surface area contributed by atoms with E-state index >= 15 is 0 Å². The maximum Gasteiger partial charge on any atom is 0.227 e. The molecule has 0 spiro atoms. The van der Waals surface area contributed by atoms with Crippen LogP contribution in [0.4, 0.5) is 5.82 Å². The second-order valence-electron chi connectivity index (χ2n) is 3.82. The van der Waals surface area contributed by atoms with E-state index in [2.05, 4.69) is 20.4 Å². The number of nitrogens with zero attached hydrogens (tertiary/aromatic N) is 4. The van der Waals surface area contributed by atoms with E-state index in [1.165, 1.54) is 6.33 Å². The summed E-state index contributed by atoms with van der Waals surface area (Å²) in [4.78, 5) is 8.31. The third-order valence-corrected chi connectivity index (χ3v) is 2.53. The molecule has 0 aliphatic heterocycles. The van der Waals surface area contributed by atoms with Crippen LogP contribution in [0.15, 0.2) is 18.7 Å². The molecule has 0 saturated carbocycles. The van der Waals surface area contributed by atoms with E-state index < -0.39 is 0 Å². The Labute approximate surface area is 106 Å². The van der Waals surface area contributed by atoms with Crippen molar-refractivity contribution < 1.29 is 4.74 Å². The highest BCUT2D eigenvalue weighted by atomic mass is 16.5. The summed E-state index contributed by atoms with van der Waals surface area (Å²) >= 11 is 0. The molecule has 96 valence electrons. The van der Waals surface area contributed by atoms with Gasteiger partial charge in [-0.15, -0.1) is 0 Å². The van der Waals surface area contributed by atoms with Gasteiger partial charge in [-0.3, -0.25) is 4.68 Å². The van der Waals surface area contributed by atoms with Gasteiger partial charge in [-0.25, -0.2) is 9.97 Å². The summed E-state index contributed by atoms with van der Waals surface area (Å²) in [7, 11) is 0. The van der Waals surface area contributed by atoms with Crippen LogP contribution >= 0.6 is 0 Å². The Bertz CT molecular complexity index is 523. The minimum absolute atomic E-state index is 0.552. The molecule has 0 unspecified atom stereocenters. The molecule has 0 radical (unpaired) electrons. The molecule has 2 rings (SSSR count). The Morgan fingerprint density at radius 1 is 1.33 bits per heavy atom. The molecule has 0 fully saturated rings. The number of ether oxygens (including phenoxy) is 1. The number of rotatable bonds is 5. The maximum atomic E-state index is 5.70. The molecular formula is C12H17N5O. The van der Waals surface area contributed by atoms with Crippen LogP contribution < -0.4 is 10.1 Å². The third-order valence-electron chi connectivity index (χ3n) is 2.53. The SMILES string of the molecule is CCNc1ncnc(Oc2cnn(CC)c2)c1C. The van der Waals surface area contributed by atoms with Gasteiger partial charge in [0, 0.05) is 13.1 Å². The van der Waals surface area contributed by atoms with Crippen molar-refractivity contribution in [3.63, 3.8) is 0 Å². The van der Waals surface area contributed by atoms with Crippen LogP contribution in [0.1, 0.15) is 19.4 Å². The Morgan fingerprint density at radius 2 is 2.17 bits per heavy atom. The van der Waals surface area contributed by atoms with Crippen LogP contribution in [-0.4, -0.2) is 26.3 Å². The van der Waals surface area contributed by atoms with Crippen LogP contribution in [0.2, 0.25) is 0 Å². The zero-order chi connectivity index (χ0) is 13.0. The van der Waals surface area contributed by atoms with Crippen LogP contribution in [-0.2, 0) is 6.54 Å². The maximum absolute atomic E-state index is 5.70. The molecule has 0 atom stereocenters. The Kier molecular flexibility index (Phi) is 3.76. The van der Waals surface area contributed by atoms with Gasteiger partial charge in [-0.1, -0.05) is 0 Å². The van der Waals surface area contributed by atoms with Gasteiger partial charge in [-0.05, 0) is 20.8 Å². The Balaban J connectivity index is 2.20. The molecule has 2 aromatic heterocycles. The van der Waals surface area contributed by atoms with Crippen molar-refractivity contribution in [3.8, 4) is 11.6 Å². The van der Waals surface area contributed by atoms with Crippen molar-refractivity contribution in [2.45, 2.75) is 27.3 Å². The topological polar surface area (TPSA) is 64.9 Å². The van der Waals surface area contributed by atoms with E-state index in [0.717, 1.165) is 24.5 Å². The number of hydrogen-bond acceptors (Lipinski definition) is 5. The zero-order valence-corrected chi connectivity index (χ0v) is 10.8. The highest BCUT2D eigenvalue weighted by Crippen LogP contribution is 2.25. The van der Waals surface area contributed by atoms with Gasteiger partial charge in [0.15, 0.2) is 5.75 Å². The fourth-order valence-corrected chi connectivity index (χ4v) is 1.56. The highest BCUT2D eigenvalue weighted by Gasteiger charge is 2.09. The van der Waals surface area contributed by atoms with Crippen molar-refractivity contribution in [1.82, 2.24) is 19.7 Å². The molecule has 0 aliphatic carbocycles. The molecule has 0 amide bonds. The van der Waals surface area contributed by atoms with Crippen LogP contribution in [0.3, 0.4) is 0 Å². The van der Waals surface area contributed by atoms with Gasteiger partial charge in [-0.2, -0.15) is 5.10 Å². The lowest BCUT2D eigenvalue weighted by Crippen LogP contribution is -2.03. The van der Waals surface area contributed by atoms with Crippen molar-refractivity contribution >= 4 is 5.82 Å². The lowest BCUT2D eigenvalue weighted by Gasteiger charge is -2.09. The number of nitrogens with one attached hydrogen (secondary N) is 1. The van der Waals surface area contributed by atoms with Crippen LogP contribution in [0.5, 0.6) is 11.6 Å². The molecular weight excluding hydrogens is 230 g/mol. The first kappa shape index (κ1) is 12.3. The fraction of sp³-hybridized carbons (Fsp3) is 0.417. The van der Waals surface area contributed by atoms with Gasteiger partial charge in [0.1, 0.15) is 12.1 Å². The fourth-order valence-electron chi connectivity index (χ4n) is 1.56. The van der Waals surface area contributed by atoms with Crippen molar-refractivity contribution in [2.75, 3.05) is 11.9 Å². The average Bonchev–Trinajstić information content (AvgIpc) is 2.82. The van der Waals surface area contributed by atoms with E-state index in [1.54, 1.807) is 10.9 Å². The molecule has 6 heteroatoms. The molecule has 6 nitrogen and oxygen atoms in total. The smallest absolute Gasteiger partial charge is 0.227 e. The normalized spacial score (nSPS) is 10.4. The standard InChI is InChI=1S/C12H17N5O/c1-4-13-11-9(3)12(15-8-14-11)18-10-6-16-17(5-2)7-10/h6-8H,4-5H2,1-3H3,(H,13,14,15). The summed E-state index contributed by atoms with van der Waals surface area (Å²) in [6, 6.07) is 0. The van der Waals surface area contributed by atoms with E-state index in [4.69, 9.17) is 4.74 Å². The second-order valence-corrected chi connectivity index (χ2v) is 3.82. The van der Waals surface area contributed by atoms with E-state index in [1.807, 2.05) is 27.0 Å². The summed E-state index contributed by atoms with van der Waals surface area (Å²) in [5, 5.41) is 7.32. The molecule has 0 bridgehead atoms. The van der Waals surface area contributed by atoms with Crippen molar-refractivity contribution in [3.05, 3.63) is 24.3 Å². The predicted molar refractivity (Wildman–Crippen MR) is 68.9 cm³/mol. The number of aryl methyl sites for hydroxylation is 1. The molecule has 0 saturated heterocycles. The van der Waals surface area contributed by atoms with E-state index in [9.17, 15) is 0 Å². The van der Waals surface area contributed by atoms with Gasteiger partial charge in [0.25, 0.3) is 0 Å². The van der Waals surface area contributed by atoms with Crippen LogP contribution in [0, 0.1) is 6.92 Å². The predicted octanol–water partition coefficient (Wildman–Crippen LogP) is 2.23. The lowest BCUT2D eigenvalue weighted by atomic mass is 10.3. The van der Waals surface area contributed by atoms with Crippen molar-refractivity contribution in [1.29, 1.82) is 0 Å². The number of hydrogen-bond donors (Lipinski definition) is 1. The van der Waals surface area contributed by atoms with E-state index in [0.29, 0.717) is 11.6 Å². The van der Waals surface area contributed by atoms with E-state index in [-0.39, 0.29) is 0 Å². The van der Waals surface area contributed by atoms with Gasteiger partial charge >= 0.3 is 0 Å². The second kappa shape index (κ2) is 5.48. The quantitative estimate of drug-likeness (QED) is 0.877. The average molecular weight is 247 g/mol. The summed E-state index contributed by atoms with van der Waals surface area (Å²) < 4.78 is 7.51. The summed E-state index contributed by atoms with van der Waals surface area (Å²) in [6.45, 7) is 7.60. The molecule has 2 aromatic rings. The largest absolute Gasteiger partial charge is 0.435 e. The molecule has 0 aliphatic rings. The first-order valence-electron chi connectivity index (χ1n) is 6.00. The molecule has 2 heterocycles. The van der Waals surface area contributed by atoms with Crippen LogP contribution in [0.25, 0.3) is 0 Å². The number of anilines is 1. The highest BCUT2D eigenvalue weighted by molar-refractivity contribution is 5.48. The monoisotopic (exact) mass is 247 g/mol. The minimum Gasteiger partial charge on any atom is -0.435 e. The summed E-state index contributed by atoms with van der Waals surface area (Å²) in [6.07, 6.45) is 5.01. The molecule has 1 N–H and O–H groups in total. The van der Waals surface area contributed by atoms with Gasteiger partial charge < -0.3 is 10.1 Å². The third kappa shape index (κ3) is 2.58.